The van der Waals surface area contributed by atoms with E-state index in [0.29, 0.717) is 0 Å². The summed E-state index contributed by atoms with van der Waals surface area (Å²) in [5, 5.41) is 19.0. The molecular formula is C21H20NO2Pt-. The maximum absolute atomic E-state index is 9.58. The second-order valence-electron chi connectivity index (χ2n) is 5.75. The van der Waals surface area contributed by atoms with Gasteiger partial charge in [-0.3, -0.25) is 0 Å². The van der Waals surface area contributed by atoms with Crippen LogP contribution in [-0.4, -0.2) is 15.2 Å². The Bertz CT molecular complexity index is 741. The van der Waals surface area contributed by atoms with E-state index in [2.05, 4.69) is 11.1 Å². The molecular weight excluding hydrogens is 493 g/mol. The van der Waals surface area contributed by atoms with Crippen molar-refractivity contribution in [2.45, 2.75) is 25.4 Å². The van der Waals surface area contributed by atoms with Crippen LogP contribution in [0.25, 0.3) is 11.3 Å². The van der Waals surface area contributed by atoms with Crippen LogP contribution in [0.5, 0.6) is 5.75 Å². The van der Waals surface area contributed by atoms with Crippen LogP contribution in [0, 0.1) is 6.07 Å². The van der Waals surface area contributed by atoms with Crippen LogP contribution < -0.4 is 0 Å². The van der Waals surface area contributed by atoms with E-state index in [1.807, 2.05) is 54.6 Å². The predicted octanol–water partition coefficient (Wildman–Crippen LogP) is 4.31. The van der Waals surface area contributed by atoms with E-state index in [1.54, 1.807) is 12.3 Å². The summed E-state index contributed by atoms with van der Waals surface area (Å²) < 4.78 is 0. The number of nitrogens with zero attached hydrogens (tertiary/aromatic N) is 1. The minimum atomic E-state index is -0.463. The average Bonchev–Trinajstić information content (AvgIpc) is 2.64. The van der Waals surface area contributed by atoms with Crippen LogP contribution >= 0.6 is 0 Å². The Morgan fingerprint density at radius 1 is 1.00 bits per heavy atom. The molecule has 4 heteroatoms. The summed E-state index contributed by atoms with van der Waals surface area (Å²) in [6.07, 6.45) is 4.08. The summed E-state index contributed by atoms with van der Waals surface area (Å²) >= 11 is 0. The largest absolute Gasteiger partial charge is 0.508 e. The van der Waals surface area contributed by atoms with Crippen molar-refractivity contribution in [2.24, 2.45) is 0 Å². The molecule has 25 heavy (non-hydrogen) atoms. The van der Waals surface area contributed by atoms with Crippen LogP contribution in [0.1, 0.15) is 30.1 Å². The number of pyridine rings is 1. The fourth-order valence-electron chi connectivity index (χ4n) is 2.91. The molecule has 1 atom stereocenters. The Morgan fingerprint density at radius 2 is 1.84 bits per heavy atom. The third kappa shape index (κ3) is 5.01. The number of aryl methyl sites for hydroxylation is 1. The minimum absolute atomic E-state index is 0. The van der Waals surface area contributed by atoms with Crippen LogP contribution in [0.3, 0.4) is 0 Å². The summed E-state index contributed by atoms with van der Waals surface area (Å²) in [5.41, 5.74) is 3.84. The summed E-state index contributed by atoms with van der Waals surface area (Å²) in [6, 6.07) is 22.2. The van der Waals surface area contributed by atoms with Gasteiger partial charge in [0.2, 0.25) is 0 Å². The van der Waals surface area contributed by atoms with Crippen LogP contribution in [-0.2, 0) is 27.5 Å². The molecule has 1 aliphatic rings. The monoisotopic (exact) mass is 513 g/mol. The number of rotatable bonds is 1. The van der Waals surface area contributed by atoms with Crippen molar-refractivity contribution in [2.75, 3.05) is 0 Å². The van der Waals surface area contributed by atoms with Gasteiger partial charge in [0.05, 0.1) is 6.10 Å². The van der Waals surface area contributed by atoms with Crippen molar-refractivity contribution in [3.63, 3.8) is 0 Å². The van der Waals surface area contributed by atoms with Gasteiger partial charge in [0.1, 0.15) is 5.75 Å². The Balaban J connectivity index is 0.000000173. The normalized spacial score (nSPS) is 15.2. The molecule has 132 valence electrons. The van der Waals surface area contributed by atoms with Gasteiger partial charge in [-0.25, -0.2) is 0 Å². The number of fused-ring (bicyclic) bond motifs is 1. The van der Waals surface area contributed by atoms with E-state index in [-0.39, 0.29) is 26.8 Å². The van der Waals surface area contributed by atoms with Crippen molar-refractivity contribution in [3.8, 4) is 17.0 Å². The van der Waals surface area contributed by atoms with E-state index in [1.165, 1.54) is 0 Å². The molecule has 1 aromatic heterocycles. The number of phenols is 1. The zero-order valence-corrected chi connectivity index (χ0v) is 16.0. The van der Waals surface area contributed by atoms with E-state index >= 15 is 0 Å². The quantitative estimate of drug-likeness (QED) is 0.477. The van der Waals surface area contributed by atoms with Gasteiger partial charge < -0.3 is 15.2 Å². The fourth-order valence-corrected chi connectivity index (χ4v) is 2.91. The van der Waals surface area contributed by atoms with Gasteiger partial charge >= 0.3 is 0 Å². The Hall–Kier alpha value is -1.96. The molecule has 0 saturated heterocycles. The molecule has 0 bridgehead atoms. The molecule has 3 nitrogen and oxygen atoms in total. The first-order valence-electron chi connectivity index (χ1n) is 8.12. The number of aliphatic hydroxyl groups excluding tert-OH is 1. The van der Waals surface area contributed by atoms with Gasteiger partial charge in [0, 0.05) is 32.8 Å². The third-order valence-electron chi connectivity index (χ3n) is 4.08. The van der Waals surface area contributed by atoms with E-state index in [4.69, 9.17) is 0 Å². The SMILES string of the molecule is Oc1cccc2c1C(O)CCC2.[Pt].[c-]1ccccc1-c1ccccn1. The zero-order valence-electron chi connectivity index (χ0n) is 13.7. The molecule has 1 unspecified atom stereocenters. The van der Waals surface area contributed by atoms with Gasteiger partial charge in [-0.05, 0) is 42.7 Å². The number of hydrogen-bond donors (Lipinski definition) is 2. The maximum Gasteiger partial charge on any atom is 0.121 e. The molecule has 2 aromatic carbocycles. The molecule has 0 aliphatic heterocycles. The van der Waals surface area contributed by atoms with Gasteiger partial charge in [0.25, 0.3) is 0 Å². The Morgan fingerprint density at radius 3 is 2.52 bits per heavy atom. The van der Waals surface area contributed by atoms with Crippen LogP contribution in [0.2, 0.25) is 0 Å². The van der Waals surface area contributed by atoms with E-state index in [0.717, 1.165) is 41.6 Å². The molecule has 2 N–H and O–H groups in total. The van der Waals surface area contributed by atoms with Gasteiger partial charge in [0.15, 0.2) is 0 Å². The Kier molecular flexibility index (Phi) is 7.36. The predicted molar refractivity (Wildman–Crippen MR) is 94.5 cm³/mol. The fraction of sp³-hybridized carbons (Fsp3) is 0.190. The first-order valence-corrected chi connectivity index (χ1v) is 8.12. The maximum atomic E-state index is 9.58. The first kappa shape index (κ1) is 19.4. The number of aromatic hydroxyl groups is 1. The number of hydrogen-bond acceptors (Lipinski definition) is 3. The zero-order chi connectivity index (χ0) is 16.8. The van der Waals surface area contributed by atoms with Crippen LogP contribution in [0.4, 0.5) is 0 Å². The summed E-state index contributed by atoms with van der Waals surface area (Å²) in [4.78, 5) is 4.22. The van der Waals surface area contributed by atoms with Crippen molar-refractivity contribution in [3.05, 3.63) is 84.1 Å². The van der Waals surface area contributed by atoms with Crippen molar-refractivity contribution >= 4 is 0 Å². The molecule has 0 saturated carbocycles. The number of benzene rings is 2. The minimum Gasteiger partial charge on any atom is -0.508 e. The molecule has 0 radical (unpaired) electrons. The van der Waals surface area contributed by atoms with Crippen molar-refractivity contribution in [1.29, 1.82) is 0 Å². The average molecular weight is 513 g/mol. The second kappa shape index (κ2) is 9.50. The molecule has 1 aliphatic carbocycles. The number of phenolic OH excluding ortho intramolecular Hbond substituents is 1. The third-order valence-corrected chi connectivity index (χ3v) is 4.08. The summed E-state index contributed by atoms with van der Waals surface area (Å²) in [5.74, 6) is 0.236. The molecule has 3 aromatic rings. The smallest absolute Gasteiger partial charge is 0.121 e. The summed E-state index contributed by atoms with van der Waals surface area (Å²) in [7, 11) is 0. The molecule has 0 fully saturated rings. The van der Waals surface area contributed by atoms with Crippen molar-refractivity contribution in [1.82, 2.24) is 4.98 Å². The topological polar surface area (TPSA) is 53.4 Å². The summed E-state index contributed by atoms with van der Waals surface area (Å²) in [6.45, 7) is 0. The standard InChI is InChI=1S/C11H8N.C10H12O2.Pt/c1-2-6-10(7-3-1)11-8-4-5-9-12-11;11-8-5-1-3-7-4-2-6-9(12)10(7)8;/h1-6,8-9H;1,3,5,9,11-12H,2,4,6H2;/q-1;;. The number of aliphatic hydroxyl groups is 1. The molecule has 0 spiro atoms. The van der Waals surface area contributed by atoms with E-state index < -0.39 is 6.10 Å². The number of aromatic nitrogens is 1. The van der Waals surface area contributed by atoms with Crippen molar-refractivity contribution < 1.29 is 31.3 Å². The van der Waals surface area contributed by atoms with E-state index in [9.17, 15) is 10.2 Å². The van der Waals surface area contributed by atoms with Gasteiger partial charge in [-0.2, -0.15) is 0 Å². The van der Waals surface area contributed by atoms with Crippen LogP contribution in [0.15, 0.2) is 66.9 Å². The molecule has 1 heterocycles. The van der Waals surface area contributed by atoms with Gasteiger partial charge in [-0.15, -0.1) is 35.9 Å². The molecule has 0 amide bonds. The van der Waals surface area contributed by atoms with Gasteiger partial charge in [-0.1, -0.05) is 24.3 Å². The Labute approximate surface area is 162 Å². The molecule has 4 rings (SSSR count). The second-order valence-corrected chi connectivity index (χ2v) is 5.75. The first-order chi connectivity index (χ1) is 11.8.